The number of nitrogens with zero attached hydrogens (tertiary/aromatic N) is 1. The summed E-state index contributed by atoms with van der Waals surface area (Å²) in [5.74, 6) is -0.174. The van der Waals surface area contributed by atoms with Crippen molar-refractivity contribution >= 4 is 5.78 Å². The van der Waals surface area contributed by atoms with Gasteiger partial charge in [-0.15, -0.1) is 0 Å². The van der Waals surface area contributed by atoms with Gasteiger partial charge in [-0.25, -0.2) is 4.39 Å². The van der Waals surface area contributed by atoms with Gasteiger partial charge in [-0.2, -0.15) is 0 Å². The van der Waals surface area contributed by atoms with Crippen molar-refractivity contribution in [1.82, 2.24) is 4.90 Å². The Balaban J connectivity index is 1.80. The topological polar surface area (TPSA) is 40.5 Å². The van der Waals surface area contributed by atoms with Crippen molar-refractivity contribution < 1.29 is 14.3 Å². The summed E-state index contributed by atoms with van der Waals surface area (Å²) in [6.07, 6.45) is 2.31. The lowest BCUT2D eigenvalue weighted by molar-refractivity contribution is 0.0929. The lowest BCUT2D eigenvalue weighted by Gasteiger charge is -2.30. The van der Waals surface area contributed by atoms with Crippen LogP contribution in [0.5, 0.6) is 0 Å². The molecule has 1 saturated heterocycles. The van der Waals surface area contributed by atoms with Crippen LogP contribution >= 0.6 is 0 Å². The van der Waals surface area contributed by atoms with Gasteiger partial charge >= 0.3 is 0 Å². The smallest absolute Gasteiger partial charge is 0.167 e. The summed E-state index contributed by atoms with van der Waals surface area (Å²) in [5.41, 5.74) is 0.188. The van der Waals surface area contributed by atoms with Crippen molar-refractivity contribution in [3.8, 4) is 0 Å². The van der Waals surface area contributed by atoms with Crippen LogP contribution in [0.15, 0.2) is 24.3 Å². The maximum Gasteiger partial charge on any atom is 0.167 e. The van der Waals surface area contributed by atoms with Gasteiger partial charge in [0.1, 0.15) is 5.82 Å². The van der Waals surface area contributed by atoms with Gasteiger partial charge in [0.2, 0.25) is 0 Å². The Bertz CT molecular complexity index is 428. The van der Waals surface area contributed by atoms with Gasteiger partial charge in [0.15, 0.2) is 5.78 Å². The zero-order valence-corrected chi connectivity index (χ0v) is 11.0. The molecule has 0 bridgehead atoms. The molecule has 2 rings (SSSR count). The second kappa shape index (κ2) is 6.78. The Morgan fingerprint density at radius 3 is 2.63 bits per heavy atom. The average Bonchev–Trinajstić information content (AvgIpc) is 2.46. The van der Waals surface area contributed by atoms with Gasteiger partial charge in [0.05, 0.1) is 5.56 Å². The minimum absolute atomic E-state index is 0.137. The number of likely N-dealkylation sites (tertiary alicyclic amines) is 1. The van der Waals surface area contributed by atoms with Crippen LogP contribution in [-0.4, -0.2) is 42.0 Å². The van der Waals surface area contributed by atoms with Crippen molar-refractivity contribution in [2.75, 3.05) is 26.2 Å². The molecule has 0 amide bonds. The molecule has 1 heterocycles. The van der Waals surface area contributed by atoms with Crippen molar-refractivity contribution in [3.63, 3.8) is 0 Å². The molecular formula is C15H20FNO2. The molecule has 0 radical (unpaired) electrons. The van der Waals surface area contributed by atoms with Gasteiger partial charge < -0.3 is 10.0 Å². The predicted molar refractivity (Wildman–Crippen MR) is 71.6 cm³/mol. The maximum atomic E-state index is 13.4. The fourth-order valence-corrected chi connectivity index (χ4v) is 2.47. The summed E-state index contributed by atoms with van der Waals surface area (Å²) in [5, 5.41) is 9.06. The van der Waals surface area contributed by atoms with E-state index in [2.05, 4.69) is 4.90 Å². The molecule has 1 aliphatic heterocycles. The second-order valence-corrected chi connectivity index (χ2v) is 5.12. The number of carbonyl (C=O) groups is 1. The Morgan fingerprint density at radius 2 is 2.00 bits per heavy atom. The van der Waals surface area contributed by atoms with E-state index in [1.165, 1.54) is 12.1 Å². The molecule has 0 atom stereocenters. The number of carbonyl (C=O) groups excluding carboxylic acids is 1. The van der Waals surface area contributed by atoms with Gasteiger partial charge in [0.25, 0.3) is 0 Å². The number of ketones is 1. The average molecular weight is 265 g/mol. The molecular weight excluding hydrogens is 245 g/mol. The van der Waals surface area contributed by atoms with Crippen LogP contribution in [0.1, 0.15) is 29.6 Å². The second-order valence-electron chi connectivity index (χ2n) is 5.12. The van der Waals surface area contributed by atoms with Crippen LogP contribution < -0.4 is 0 Å². The van der Waals surface area contributed by atoms with Crippen LogP contribution in [0.3, 0.4) is 0 Å². The Labute approximate surface area is 113 Å². The van der Waals surface area contributed by atoms with Crippen LogP contribution in [0.4, 0.5) is 4.39 Å². The van der Waals surface area contributed by atoms with E-state index in [1.54, 1.807) is 12.1 Å². The lowest BCUT2D eigenvalue weighted by Crippen LogP contribution is -2.36. The molecule has 1 aromatic carbocycles. The molecule has 0 aromatic heterocycles. The molecule has 19 heavy (non-hydrogen) atoms. The van der Waals surface area contributed by atoms with Crippen molar-refractivity contribution in [3.05, 3.63) is 35.6 Å². The number of aliphatic hydroxyl groups is 1. The highest BCUT2D eigenvalue weighted by atomic mass is 19.1. The quantitative estimate of drug-likeness (QED) is 0.829. The third-order valence-corrected chi connectivity index (χ3v) is 3.79. The van der Waals surface area contributed by atoms with Gasteiger partial charge in [0, 0.05) is 19.6 Å². The van der Waals surface area contributed by atoms with Crippen LogP contribution in [0.25, 0.3) is 0 Å². The van der Waals surface area contributed by atoms with Gasteiger partial charge in [-0.3, -0.25) is 4.79 Å². The summed E-state index contributed by atoms with van der Waals surface area (Å²) in [7, 11) is 0. The van der Waals surface area contributed by atoms with Crippen molar-refractivity contribution in [1.29, 1.82) is 0 Å². The molecule has 104 valence electrons. The lowest BCUT2D eigenvalue weighted by atomic mass is 9.97. The third-order valence-electron chi connectivity index (χ3n) is 3.79. The normalized spacial score (nSPS) is 17.6. The number of Topliss-reactive ketones (excluding diaryl/α,β-unsaturated/α-hetero) is 1. The Kier molecular flexibility index (Phi) is 5.05. The van der Waals surface area contributed by atoms with Crippen LogP contribution in [-0.2, 0) is 0 Å². The number of hydrogen-bond donors (Lipinski definition) is 1. The van der Waals surface area contributed by atoms with E-state index in [0.717, 1.165) is 25.9 Å². The van der Waals surface area contributed by atoms with E-state index in [9.17, 15) is 9.18 Å². The van der Waals surface area contributed by atoms with Gasteiger partial charge in [-0.05, 0) is 44.0 Å². The molecule has 1 aliphatic rings. The highest BCUT2D eigenvalue weighted by Crippen LogP contribution is 2.17. The van der Waals surface area contributed by atoms with Crippen molar-refractivity contribution in [2.45, 2.75) is 19.3 Å². The summed E-state index contributed by atoms with van der Waals surface area (Å²) >= 11 is 0. The van der Waals surface area contributed by atoms with E-state index >= 15 is 0 Å². The van der Waals surface area contributed by atoms with Crippen LogP contribution in [0.2, 0.25) is 0 Å². The maximum absolute atomic E-state index is 13.4. The first-order valence-electron chi connectivity index (χ1n) is 6.81. The minimum Gasteiger partial charge on any atom is -0.396 e. The van der Waals surface area contributed by atoms with E-state index in [0.29, 0.717) is 18.9 Å². The van der Waals surface area contributed by atoms with E-state index < -0.39 is 5.82 Å². The number of benzene rings is 1. The van der Waals surface area contributed by atoms with Crippen LogP contribution in [0, 0.1) is 11.7 Å². The first-order valence-corrected chi connectivity index (χ1v) is 6.81. The SMILES string of the molecule is O=C(CCN1CCC(CO)CC1)c1ccccc1F. The summed E-state index contributed by atoms with van der Waals surface area (Å²) in [6, 6.07) is 6.13. The molecule has 0 aliphatic carbocycles. The van der Waals surface area contributed by atoms with E-state index in [4.69, 9.17) is 5.11 Å². The Morgan fingerprint density at radius 1 is 1.32 bits per heavy atom. The van der Waals surface area contributed by atoms with Crippen molar-refractivity contribution in [2.24, 2.45) is 5.92 Å². The number of aliphatic hydroxyl groups excluding tert-OH is 1. The largest absolute Gasteiger partial charge is 0.396 e. The molecule has 1 N–H and O–H groups in total. The summed E-state index contributed by atoms with van der Waals surface area (Å²) in [4.78, 5) is 14.1. The molecule has 0 spiro atoms. The molecule has 4 heteroatoms. The standard InChI is InChI=1S/C15H20FNO2/c16-14-4-2-1-3-13(14)15(19)7-10-17-8-5-12(11-18)6-9-17/h1-4,12,18H,5-11H2. The summed E-state index contributed by atoms with van der Waals surface area (Å²) < 4.78 is 13.4. The fourth-order valence-electron chi connectivity index (χ4n) is 2.47. The minimum atomic E-state index is -0.438. The van der Waals surface area contributed by atoms with Gasteiger partial charge in [-0.1, -0.05) is 12.1 Å². The molecule has 0 saturated carbocycles. The predicted octanol–water partition coefficient (Wildman–Crippen LogP) is 2.10. The highest BCUT2D eigenvalue weighted by molar-refractivity contribution is 5.96. The number of rotatable bonds is 5. The highest BCUT2D eigenvalue weighted by Gasteiger charge is 2.19. The number of piperidine rings is 1. The zero-order chi connectivity index (χ0) is 13.7. The third kappa shape index (κ3) is 3.85. The Hall–Kier alpha value is -1.26. The fraction of sp³-hybridized carbons (Fsp3) is 0.533. The molecule has 1 aromatic rings. The van der Waals surface area contributed by atoms with E-state index in [1.807, 2.05) is 0 Å². The first kappa shape index (κ1) is 14.2. The number of hydrogen-bond acceptors (Lipinski definition) is 3. The summed E-state index contributed by atoms with van der Waals surface area (Å²) in [6.45, 7) is 2.75. The monoisotopic (exact) mass is 265 g/mol. The molecule has 3 nitrogen and oxygen atoms in total. The first-order chi connectivity index (χ1) is 9.20. The molecule has 1 fully saturated rings. The number of halogens is 1. The zero-order valence-electron chi connectivity index (χ0n) is 11.0. The molecule has 0 unspecified atom stereocenters. The van der Waals surface area contributed by atoms with E-state index in [-0.39, 0.29) is 18.0 Å².